The molecular formula is C32H38N4O7S. The molecule has 3 aromatic rings. The molecule has 0 radical (unpaired) electrons. The van der Waals surface area contributed by atoms with Crippen LogP contribution in [0.4, 0.5) is 11.4 Å². The van der Waals surface area contributed by atoms with E-state index >= 15 is 0 Å². The summed E-state index contributed by atoms with van der Waals surface area (Å²) in [5, 5.41) is 14.7. The molecule has 0 spiro atoms. The molecule has 1 N–H and O–H groups in total. The molecule has 3 aromatic carbocycles. The first-order valence-corrected chi connectivity index (χ1v) is 16.1. The zero-order valence-corrected chi connectivity index (χ0v) is 25.7. The molecule has 4 rings (SSSR count). The van der Waals surface area contributed by atoms with Gasteiger partial charge >= 0.3 is 0 Å². The van der Waals surface area contributed by atoms with Gasteiger partial charge in [0.15, 0.2) is 0 Å². The van der Waals surface area contributed by atoms with Crippen molar-refractivity contribution in [2.45, 2.75) is 69.0 Å². The number of benzene rings is 3. The fourth-order valence-electron chi connectivity index (χ4n) is 5.40. The summed E-state index contributed by atoms with van der Waals surface area (Å²) in [7, 11) is -2.79. The molecule has 1 fully saturated rings. The predicted octanol–water partition coefficient (Wildman–Crippen LogP) is 5.06. The number of nitrogens with one attached hydrogen (secondary N) is 1. The maximum Gasteiger partial charge on any atom is 0.271 e. The number of nitro benzene ring substituents is 1. The molecule has 1 atom stereocenters. The number of amides is 2. The molecule has 0 aliphatic heterocycles. The van der Waals surface area contributed by atoms with Gasteiger partial charge in [0.2, 0.25) is 11.8 Å². The second kappa shape index (κ2) is 14.8. The van der Waals surface area contributed by atoms with Crippen molar-refractivity contribution in [2.24, 2.45) is 0 Å². The lowest BCUT2D eigenvalue weighted by Gasteiger charge is -2.34. The topological polar surface area (TPSA) is 139 Å². The second-order valence-corrected chi connectivity index (χ2v) is 12.6. The monoisotopic (exact) mass is 622 g/mol. The number of hydrogen-bond acceptors (Lipinski definition) is 7. The fourth-order valence-corrected chi connectivity index (χ4v) is 6.83. The van der Waals surface area contributed by atoms with E-state index in [-0.39, 0.29) is 34.8 Å². The minimum absolute atomic E-state index is 0.0167. The largest absolute Gasteiger partial charge is 0.497 e. The Labute approximate surface area is 258 Å². The molecule has 1 aliphatic carbocycles. The molecule has 234 valence electrons. The minimum atomic E-state index is -4.34. The number of non-ortho nitro benzene ring substituents is 1. The highest BCUT2D eigenvalue weighted by Crippen LogP contribution is 2.28. The summed E-state index contributed by atoms with van der Waals surface area (Å²) in [5.41, 5.74) is 0.355. The summed E-state index contributed by atoms with van der Waals surface area (Å²) >= 11 is 0. The van der Waals surface area contributed by atoms with Crippen LogP contribution in [0.2, 0.25) is 0 Å². The lowest BCUT2D eigenvalue weighted by molar-refractivity contribution is -0.384. The Kier molecular flexibility index (Phi) is 10.9. The number of anilines is 1. The van der Waals surface area contributed by atoms with Crippen molar-refractivity contribution in [3.8, 4) is 5.75 Å². The highest BCUT2D eigenvalue weighted by molar-refractivity contribution is 7.92. The third-order valence-corrected chi connectivity index (χ3v) is 9.58. The van der Waals surface area contributed by atoms with Crippen LogP contribution in [-0.4, -0.2) is 55.8 Å². The van der Waals surface area contributed by atoms with Gasteiger partial charge in [0.1, 0.15) is 18.3 Å². The normalized spacial score (nSPS) is 14.3. The van der Waals surface area contributed by atoms with Crippen LogP contribution in [0, 0.1) is 10.1 Å². The minimum Gasteiger partial charge on any atom is -0.497 e. The van der Waals surface area contributed by atoms with Crippen molar-refractivity contribution in [3.63, 3.8) is 0 Å². The van der Waals surface area contributed by atoms with Crippen LogP contribution in [0.5, 0.6) is 5.75 Å². The van der Waals surface area contributed by atoms with E-state index in [0.29, 0.717) is 12.2 Å². The maximum absolute atomic E-state index is 14.2. The van der Waals surface area contributed by atoms with Gasteiger partial charge in [-0.25, -0.2) is 8.42 Å². The number of nitro groups is 1. The molecule has 0 aromatic heterocycles. The Hall–Kier alpha value is -4.45. The number of methoxy groups -OCH3 is 1. The van der Waals surface area contributed by atoms with E-state index in [4.69, 9.17) is 4.74 Å². The van der Waals surface area contributed by atoms with E-state index in [9.17, 15) is 28.1 Å². The molecule has 2 amide bonds. The van der Waals surface area contributed by atoms with E-state index in [1.165, 1.54) is 35.2 Å². The molecule has 1 aliphatic rings. The first-order chi connectivity index (χ1) is 21.1. The van der Waals surface area contributed by atoms with Gasteiger partial charge in [-0.2, -0.15) is 0 Å². The number of ether oxygens (including phenoxy) is 1. The molecule has 0 saturated heterocycles. The lowest BCUT2D eigenvalue weighted by Crippen LogP contribution is -2.54. The molecule has 12 heteroatoms. The Morgan fingerprint density at radius 1 is 1.00 bits per heavy atom. The standard InChI is InChI=1S/C32H38N4O7S/c1-3-30(32(38)33-25-11-6-4-7-12-25)34(22-24-17-19-28(43-2)20-18-24)31(37)23-35(26-13-10-14-27(21-26)36(39)40)44(41,42)29-15-8-5-9-16-29/h5,8-10,13-21,25,30H,3-4,6-7,11-12,22-23H2,1-2H3,(H,33,38)/t30-/m1/s1. The van der Waals surface area contributed by atoms with Gasteiger partial charge < -0.3 is 15.0 Å². The smallest absolute Gasteiger partial charge is 0.271 e. The maximum atomic E-state index is 14.2. The first-order valence-electron chi connectivity index (χ1n) is 14.7. The van der Waals surface area contributed by atoms with Crippen molar-refractivity contribution in [1.29, 1.82) is 0 Å². The summed E-state index contributed by atoms with van der Waals surface area (Å²) in [4.78, 5) is 40.1. The Morgan fingerprint density at radius 2 is 1.68 bits per heavy atom. The van der Waals surface area contributed by atoms with E-state index in [1.807, 2.05) is 0 Å². The summed E-state index contributed by atoms with van der Waals surface area (Å²) in [6.07, 6.45) is 5.18. The van der Waals surface area contributed by atoms with Gasteiger partial charge in [0.05, 0.1) is 22.6 Å². The average Bonchev–Trinajstić information content (AvgIpc) is 3.04. The number of sulfonamides is 1. The van der Waals surface area contributed by atoms with Crippen LogP contribution in [0.25, 0.3) is 0 Å². The Bertz CT molecular complexity index is 1540. The SMILES string of the molecule is CC[C@H](C(=O)NC1CCCCC1)N(Cc1ccc(OC)cc1)C(=O)CN(c1cccc([N+](=O)[O-])c1)S(=O)(=O)c1ccccc1. The third kappa shape index (κ3) is 7.93. The number of carbonyl (C=O) groups excluding carboxylic acids is 2. The van der Waals surface area contributed by atoms with Crippen molar-refractivity contribution in [2.75, 3.05) is 18.0 Å². The summed E-state index contributed by atoms with van der Waals surface area (Å²) in [5.74, 6) is -0.300. The van der Waals surface area contributed by atoms with E-state index in [2.05, 4.69) is 5.32 Å². The molecule has 44 heavy (non-hydrogen) atoms. The number of carbonyl (C=O) groups is 2. The van der Waals surface area contributed by atoms with E-state index < -0.39 is 33.4 Å². The van der Waals surface area contributed by atoms with Crippen LogP contribution in [0.3, 0.4) is 0 Å². The van der Waals surface area contributed by atoms with Crippen LogP contribution in [0.1, 0.15) is 51.0 Å². The quantitative estimate of drug-likeness (QED) is 0.208. The Morgan fingerprint density at radius 3 is 2.30 bits per heavy atom. The van der Waals surface area contributed by atoms with Crippen molar-refractivity contribution < 1.29 is 27.7 Å². The number of rotatable bonds is 13. The molecular weight excluding hydrogens is 584 g/mol. The third-order valence-electron chi connectivity index (χ3n) is 7.79. The molecule has 1 saturated carbocycles. The lowest BCUT2D eigenvalue weighted by atomic mass is 9.95. The van der Waals surface area contributed by atoms with Gasteiger partial charge in [-0.3, -0.25) is 24.0 Å². The summed E-state index contributed by atoms with van der Waals surface area (Å²) in [6.45, 7) is 1.16. The molecule has 0 heterocycles. The van der Waals surface area contributed by atoms with Crippen LogP contribution < -0.4 is 14.4 Å². The summed E-state index contributed by atoms with van der Waals surface area (Å²) in [6, 6.07) is 18.9. The van der Waals surface area contributed by atoms with E-state index in [1.54, 1.807) is 56.5 Å². The van der Waals surface area contributed by atoms with Crippen LogP contribution in [0.15, 0.2) is 83.8 Å². The van der Waals surface area contributed by atoms with Gasteiger partial charge in [-0.05, 0) is 55.2 Å². The highest BCUT2D eigenvalue weighted by atomic mass is 32.2. The second-order valence-electron chi connectivity index (χ2n) is 10.7. The summed E-state index contributed by atoms with van der Waals surface area (Å²) < 4.78 is 34.0. The molecule has 0 unspecified atom stereocenters. The predicted molar refractivity (Wildman–Crippen MR) is 167 cm³/mol. The average molecular weight is 623 g/mol. The van der Waals surface area contributed by atoms with Crippen LogP contribution in [-0.2, 0) is 26.2 Å². The Balaban J connectivity index is 1.72. The van der Waals surface area contributed by atoms with Gasteiger partial charge in [-0.1, -0.05) is 62.6 Å². The van der Waals surface area contributed by atoms with Crippen molar-refractivity contribution in [3.05, 3.63) is 94.5 Å². The zero-order chi connectivity index (χ0) is 31.7. The highest BCUT2D eigenvalue weighted by Gasteiger charge is 2.34. The van der Waals surface area contributed by atoms with Gasteiger partial charge in [0, 0.05) is 24.7 Å². The van der Waals surface area contributed by atoms with Gasteiger partial charge in [-0.15, -0.1) is 0 Å². The number of hydrogen-bond donors (Lipinski definition) is 1. The molecule has 11 nitrogen and oxygen atoms in total. The van der Waals surface area contributed by atoms with Gasteiger partial charge in [0.25, 0.3) is 15.7 Å². The van der Waals surface area contributed by atoms with Crippen molar-refractivity contribution in [1.82, 2.24) is 10.2 Å². The first kappa shape index (κ1) is 32.5. The van der Waals surface area contributed by atoms with Crippen LogP contribution >= 0.6 is 0 Å². The zero-order valence-electron chi connectivity index (χ0n) is 24.9. The molecule has 0 bridgehead atoms. The fraction of sp³-hybridized carbons (Fsp3) is 0.375. The van der Waals surface area contributed by atoms with E-state index in [0.717, 1.165) is 48.0 Å². The number of nitrogens with zero attached hydrogens (tertiary/aromatic N) is 3. The van der Waals surface area contributed by atoms with Crippen molar-refractivity contribution >= 4 is 33.2 Å².